The summed E-state index contributed by atoms with van der Waals surface area (Å²) in [7, 11) is 0. The Bertz CT molecular complexity index is 659. The summed E-state index contributed by atoms with van der Waals surface area (Å²) in [5.41, 5.74) is 1.99. The molecule has 0 aliphatic rings. The Labute approximate surface area is 97.9 Å². The number of H-pyrrole nitrogens is 1. The lowest BCUT2D eigenvalue weighted by atomic mass is 10.2. The van der Waals surface area contributed by atoms with Gasteiger partial charge in [-0.3, -0.25) is 5.10 Å². The topological polar surface area (TPSA) is 66.5 Å². The first-order valence-electron chi connectivity index (χ1n) is 5.31. The number of hydrogen-bond donors (Lipinski definition) is 2. The molecule has 0 amide bonds. The van der Waals surface area contributed by atoms with Crippen LogP contribution < -0.4 is 5.32 Å². The molecule has 3 aromatic rings. The number of aryl methyl sites for hydroxylation is 1. The molecule has 0 aliphatic carbocycles. The normalized spacial score (nSPS) is 10.6. The summed E-state index contributed by atoms with van der Waals surface area (Å²) < 4.78 is 0. The van der Waals surface area contributed by atoms with Crippen LogP contribution in [0.3, 0.4) is 0 Å². The third-order valence-corrected chi connectivity index (χ3v) is 2.60. The van der Waals surface area contributed by atoms with Crippen LogP contribution in [0.1, 0.15) is 5.56 Å². The van der Waals surface area contributed by atoms with E-state index < -0.39 is 0 Å². The van der Waals surface area contributed by atoms with E-state index in [2.05, 4.69) is 25.5 Å². The maximum atomic E-state index is 4.24. The summed E-state index contributed by atoms with van der Waals surface area (Å²) >= 11 is 0. The van der Waals surface area contributed by atoms with Gasteiger partial charge in [-0.15, -0.1) is 0 Å². The van der Waals surface area contributed by atoms with Gasteiger partial charge in [0.25, 0.3) is 0 Å². The van der Waals surface area contributed by atoms with E-state index in [0.29, 0.717) is 0 Å². The number of benzene rings is 1. The van der Waals surface area contributed by atoms with E-state index in [1.807, 2.05) is 31.2 Å². The van der Waals surface area contributed by atoms with Crippen LogP contribution in [0.5, 0.6) is 0 Å². The van der Waals surface area contributed by atoms with Crippen LogP contribution in [-0.4, -0.2) is 20.2 Å². The second-order valence-electron chi connectivity index (χ2n) is 3.80. The molecule has 0 bridgehead atoms. The van der Waals surface area contributed by atoms with Gasteiger partial charge in [-0.1, -0.05) is 12.1 Å². The number of aromatic amines is 1. The molecule has 2 N–H and O–H groups in total. The number of nitrogens with one attached hydrogen (secondary N) is 2. The van der Waals surface area contributed by atoms with Crippen LogP contribution in [0.15, 0.2) is 36.8 Å². The van der Waals surface area contributed by atoms with Crippen molar-refractivity contribution in [3.05, 3.63) is 42.4 Å². The summed E-state index contributed by atoms with van der Waals surface area (Å²) in [6.07, 6.45) is 3.29. The first kappa shape index (κ1) is 9.77. The van der Waals surface area contributed by atoms with Crippen molar-refractivity contribution >= 4 is 22.5 Å². The van der Waals surface area contributed by atoms with Gasteiger partial charge in [-0.25, -0.2) is 9.97 Å². The van der Waals surface area contributed by atoms with Crippen molar-refractivity contribution < 1.29 is 0 Å². The van der Waals surface area contributed by atoms with Crippen molar-refractivity contribution in [1.82, 2.24) is 20.2 Å². The molecule has 5 heteroatoms. The fourth-order valence-electron chi connectivity index (χ4n) is 1.70. The summed E-state index contributed by atoms with van der Waals surface area (Å²) in [5.74, 6) is 1.56. The number of fused-ring (bicyclic) bond motifs is 1. The monoisotopic (exact) mass is 225 g/mol. The fourth-order valence-corrected chi connectivity index (χ4v) is 1.70. The third-order valence-electron chi connectivity index (χ3n) is 2.60. The van der Waals surface area contributed by atoms with Gasteiger partial charge in [0.1, 0.15) is 12.1 Å². The minimum absolute atomic E-state index is 0.775. The second kappa shape index (κ2) is 3.86. The van der Waals surface area contributed by atoms with Crippen LogP contribution >= 0.6 is 0 Å². The minimum Gasteiger partial charge on any atom is -0.323 e. The molecule has 3 rings (SSSR count). The van der Waals surface area contributed by atoms with Gasteiger partial charge in [-0.2, -0.15) is 5.10 Å². The van der Waals surface area contributed by atoms with E-state index in [1.165, 1.54) is 6.33 Å². The molecular weight excluding hydrogens is 214 g/mol. The highest BCUT2D eigenvalue weighted by Crippen LogP contribution is 2.23. The van der Waals surface area contributed by atoms with Crippen LogP contribution in [0, 0.1) is 6.92 Å². The summed E-state index contributed by atoms with van der Waals surface area (Å²) in [5, 5.41) is 11.5. The third kappa shape index (κ3) is 1.71. The standard InChI is InChI=1S/C12H11N5/c1-8-6-13-7-14-11(8)15-12-9-4-2-3-5-10(9)16-17-12/h2-7H,1H3,(H2,13,14,15,16,17). The fraction of sp³-hybridized carbons (Fsp3) is 0.0833. The van der Waals surface area contributed by atoms with Crippen molar-refractivity contribution in [1.29, 1.82) is 0 Å². The molecular formula is C12H11N5. The highest BCUT2D eigenvalue weighted by molar-refractivity contribution is 5.91. The Balaban J connectivity index is 2.03. The highest BCUT2D eigenvalue weighted by atomic mass is 15.2. The number of aromatic nitrogens is 4. The first-order valence-corrected chi connectivity index (χ1v) is 5.31. The quantitative estimate of drug-likeness (QED) is 0.702. The van der Waals surface area contributed by atoms with Gasteiger partial charge < -0.3 is 5.32 Å². The zero-order chi connectivity index (χ0) is 11.7. The molecule has 0 saturated heterocycles. The van der Waals surface area contributed by atoms with Crippen LogP contribution in [-0.2, 0) is 0 Å². The number of rotatable bonds is 2. The largest absolute Gasteiger partial charge is 0.323 e. The lowest BCUT2D eigenvalue weighted by molar-refractivity contribution is 1.09. The Morgan fingerprint density at radius 2 is 2.06 bits per heavy atom. The summed E-state index contributed by atoms with van der Waals surface area (Å²) in [6, 6.07) is 7.95. The van der Waals surface area contributed by atoms with E-state index >= 15 is 0 Å². The van der Waals surface area contributed by atoms with Crippen molar-refractivity contribution in [2.45, 2.75) is 6.92 Å². The van der Waals surface area contributed by atoms with E-state index in [9.17, 15) is 0 Å². The number of hydrogen-bond acceptors (Lipinski definition) is 4. The average Bonchev–Trinajstić information content (AvgIpc) is 2.76. The lowest BCUT2D eigenvalue weighted by Gasteiger charge is -2.04. The smallest absolute Gasteiger partial charge is 0.161 e. The van der Waals surface area contributed by atoms with E-state index in [0.717, 1.165) is 28.1 Å². The van der Waals surface area contributed by atoms with Gasteiger partial charge >= 0.3 is 0 Å². The van der Waals surface area contributed by atoms with Gasteiger partial charge in [0.05, 0.1) is 5.52 Å². The average molecular weight is 225 g/mol. The zero-order valence-corrected chi connectivity index (χ0v) is 9.31. The molecule has 0 atom stereocenters. The van der Waals surface area contributed by atoms with Crippen molar-refractivity contribution in [3.8, 4) is 0 Å². The van der Waals surface area contributed by atoms with Crippen LogP contribution in [0.4, 0.5) is 11.6 Å². The Kier molecular flexibility index (Phi) is 2.22. The van der Waals surface area contributed by atoms with Gasteiger partial charge in [0, 0.05) is 17.1 Å². The molecule has 2 heterocycles. The molecule has 0 aliphatic heterocycles. The Morgan fingerprint density at radius 3 is 2.94 bits per heavy atom. The molecule has 2 aromatic heterocycles. The molecule has 0 fully saturated rings. The van der Waals surface area contributed by atoms with E-state index in [4.69, 9.17) is 0 Å². The van der Waals surface area contributed by atoms with Crippen molar-refractivity contribution in [3.63, 3.8) is 0 Å². The maximum Gasteiger partial charge on any atom is 0.161 e. The number of para-hydroxylation sites is 1. The van der Waals surface area contributed by atoms with Gasteiger partial charge in [0.2, 0.25) is 0 Å². The predicted octanol–water partition coefficient (Wildman–Crippen LogP) is 2.40. The molecule has 84 valence electrons. The van der Waals surface area contributed by atoms with Crippen LogP contribution in [0.2, 0.25) is 0 Å². The maximum absolute atomic E-state index is 4.24. The SMILES string of the molecule is Cc1cncnc1Nc1n[nH]c2ccccc12. The number of nitrogens with zero attached hydrogens (tertiary/aromatic N) is 3. The number of anilines is 2. The first-order chi connectivity index (χ1) is 8.34. The molecule has 17 heavy (non-hydrogen) atoms. The van der Waals surface area contributed by atoms with Crippen LogP contribution in [0.25, 0.3) is 10.9 Å². The second-order valence-corrected chi connectivity index (χ2v) is 3.80. The Morgan fingerprint density at radius 1 is 1.18 bits per heavy atom. The summed E-state index contributed by atoms with van der Waals surface area (Å²) in [6.45, 7) is 1.96. The van der Waals surface area contributed by atoms with Crippen molar-refractivity contribution in [2.24, 2.45) is 0 Å². The molecule has 0 radical (unpaired) electrons. The van der Waals surface area contributed by atoms with E-state index in [1.54, 1.807) is 6.20 Å². The molecule has 0 saturated carbocycles. The molecule has 1 aromatic carbocycles. The molecule has 0 spiro atoms. The van der Waals surface area contributed by atoms with E-state index in [-0.39, 0.29) is 0 Å². The van der Waals surface area contributed by atoms with Gasteiger partial charge in [0.15, 0.2) is 5.82 Å². The lowest BCUT2D eigenvalue weighted by Crippen LogP contribution is -1.97. The van der Waals surface area contributed by atoms with Gasteiger partial charge in [-0.05, 0) is 19.1 Å². The summed E-state index contributed by atoms with van der Waals surface area (Å²) in [4.78, 5) is 8.14. The van der Waals surface area contributed by atoms with Crippen molar-refractivity contribution in [2.75, 3.05) is 5.32 Å². The Hall–Kier alpha value is -2.43. The molecule has 5 nitrogen and oxygen atoms in total. The zero-order valence-electron chi connectivity index (χ0n) is 9.31. The minimum atomic E-state index is 0.775. The highest BCUT2D eigenvalue weighted by Gasteiger charge is 2.06. The predicted molar refractivity (Wildman–Crippen MR) is 66.1 cm³/mol. The molecule has 0 unspecified atom stereocenters.